The maximum atomic E-state index is 7.27. The number of nitrogens with two attached hydrogens (primary N) is 1. The number of thioether (sulfide) groups is 1. The van der Waals surface area contributed by atoms with Gasteiger partial charge in [0.1, 0.15) is 5.84 Å². The number of hydrogen-bond acceptors (Lipinski definition) is 3. The molecule has 0 aliphatic heterocycles. The van der Waals surface area contributed by atoms with Gasteiger partial charge in [-0.2, -0.15) is 0 Å². The van der Waals surface area contributed by atoms with Gasteiger partial charge in [0.2, 0.25) is 0 Å². The molecular formula is C12H17N3S. The Bertz CT molecular complexity index is 355. The molecule has 1 aliphatic carbocycles. The third kappa shape index (κ3) is 2.98. The highest BCUT2D eigenvalue weighted by molar-refractivity contribution is 7.99. The monoisotopic (exact) mass is 235 g/mol. The average molecular weight is 235 g/mol. The summed E-state index contributed by atoms with van der Waals surface area (Å²) >= 11 is 1.82. The molecule has 1 fully saturated rings. The van der Waals surface area contributed by atoms with Gasteiger partial charge in [-0.05, 0) is 30.9 Å². The summed E-state index contributed by atoms with van der Waals surface area (Å²) in [5.41, 5.74) is 6.07. The van der Waals surface area contributed by atoms with Gasteiger partial charge in [0, 0.05) is 17.5 Å². The van der Waals surface area contributed by atoms with Crippen LogP contribution in [0.4, 0.5) is 0 Å². The molecule has 1 heterocycles. The van der Waals surface area contributed by atoms with Crippen LogP contribution in [0.15, 0.2) is 23.4 Å². The molecule has 0 aromatic carbocycles. The average Bonchev–Trinajstić information content (AvgIpc) is 2.80. The first-order chi connectivity index (χ1) is 7.75. The van der Waals surface area contributed by atoms with Gasteiger partial charge in [-0.1, -0.05) is 12.8 Å². The maximum absolute atomic E-state index is 7.27. The minimum Gasteiger partial charge on any atom is -0.384 e. The van der Waals surface area contributed by atoms with Crippen LogP contribution < -0.4 is 5.73 Å². The van der Waals surface area contributed by atoms with Gasteiger partial charge in [0.15, 0.2) is 0 Å². The molecular weight excluding hydrogens is 218 g/mol. The number of amidine groups is 1. The first-order valence-electron chi connectivity index (χ1n) is 5.69. The zero-order valence-corrected chi connectivity index (χ0v) is 10.1. The summed E-state index contributed by atoms with van der Waals surface area (Å²) < 4.78 is 0. The van der Waals surface area contributed by atoms with Crippen LogP contribution in [0.2, 0.25) is 0 Å². The zero-order chi connectivity index (χ0) is 11.4. The number of aromatic nitrogens is 1. The number of pyridine rings is 1. The zero-order valence-electron chi connectivity index (χ0n) is 9.28. The molecule has 0 spiro atoms. The highest BCUT2D eigenvalue weighted by Crippen LogP contribution is 2.30. The third-order valence-electron chi connectivity index (χ3n) is 2.99. The van der Waals surface area contributed by atoms with Crippen LogP contribution in [0.1, 0.15) is 31.2 Å². The summed E-state index contributed by atoms with van der Waals surface area (Å²) in [6.45, 7) is 0. The SMILES string of the molecule is N=C(N)c1ccc(SCC2CCCC2)nc1. The van der Waals surface area contributed by atoms with Crippen molar-refractivity contribution in [2.45, 2.75) is 30.7 Å². The van der Waals surface area contributed by atoms with Crippen LogP contribution in [-0.4, -0.2) is 16.6 Å². The molecule has 2 rings (SSSR count). The molecule has 1 saturated carbocycles. The molecule has 1 aromatic heterocycles. The smallest absolute Gasteiger partial charge is 0.124 e. The number of hydrogen-bond donors (Lipinski definition) is 2. The maximum Gasteiger partial charge on any atom is 0.124 e. The Morgan fingerprint density at radius 3 is 2.75 bits per heavy atom. The topological polar surface area (TPSA) is 62.8 Å². The van der Waals surface area contributed by atoms with Crippen molar-refractivity contribution in [3.8, 4) is 0 Å². The van der Waals surface area contributed by atoms with Crippen molar-refractivity contribution in [1.82, 2.24) is 4.98 Å². The Morgan fingerprint density at radius 2 is 2.19 bits per heavy atom. The fourth-order valence-electron chi connectivity index (χ4n) is 2.01. The standard InChI is InChI=1S/C12H17N3S/c13-12(14)10-5-6-11(15-7-10)16-8-9-3-1-2-4-9/h5-7,9H,1-4,8H2,(H3,13,14). The van der Waals surface area contributed by atoms with E-state index in [0.717, 1.165) is 10.9 Å². The van der Waals surface area contributed by atoms with Crippen molar-refractivity contribution in [3.05, 3.63) is 23.9 Å². The Kier molecular flexibility index (Phi) is 3.83. The highest BCUT2D eigenvalue weighted by Gasteiger charge is 2.15. The summed E-state index contributed by atoms with van der Waals surface area (Å²) in [6, 6.07) is 3.82. The van der Waals surface area contributed by atoms with E-state index in [0.29, 0.717) is 5.56 Å². The van der Waals surface area contributed by atoms with E-state index in [-0.39, 0.29) is 5.84 Å². The Morgan fingerprint density at radius 1 is 1.44 bits per heavy atom. The molecule has 0 unspecified atom stereocenters. The second-order valence-electron chi connectivity index (χ2n) is 4.26. The van der Waals surface area contributed by atoms with Crippen molar-refractivity contribution in [2.75, 3.05) is 5.75 Å². The lowest BCUT2D eigenvalue weighted by Crippen LogP contribution is -2.11. The van der Waals surface area contributed by atoms with E-state index in [1.807, 2.05) is 23.9 Å². The van der Waals surface area contributed by atoms with Gasteiger partial charge in [-0.25, -0.2) is 4.98 Å². The van der Waals surface area contributed by atoms with E-state index >= 15 is 0 Å². The van der Waals surface area contributed by atoms with Crippen molar-refractivity contribution in [3.63, 3.8) is 0 Å². The summed E-state index contributed by atoms with van der Waals surface area (Å²) in [7, 11) is 0. The Labute approximate surface area is 100 Å². The molecule has 1 aliphatic rings. The lowest BCUT2D eigenvalue weighted by molar-refractivity contribution is 0.623. The van der Waals surface area contributed by atoms with Crippen LogP contribution in [-0.2, 0) is 0 Å². The first kappa shape index (κ1) is 11.5. The molecule has 4 heteroatoms. The van der Waals surface area contributed by atoms with E-state index in [1.54, 1.807) is 6.20 Å². The van der Waals surface area contributed by atoms with Crippen LogP contribution in [0.5, 0.6) is 0 Å². The molecule has 3 nitrogen and oxygen atoms in total. The second-order valence-corrected chi connectivity index (χ2v) is 5.30. The van der Waals surface area contributed by atoms with E-state index in [4.69, 9.17) is 11.1 Å². The highest BCUT2D eigenvalue weighted by atomic mass is 32.2. The molecule has 0 amide bonds. The normalized spacial score (nSPS) is 16.5. The van der Waals surface area contributed by atoms with Gasteiger partial charge < -0.3 is 5.73 Å². The van der Waals surface area contributed by atoms with E-state index < -0.39 is 0 Å². The number of nitrogens with zero attached hydrogens (tertiary/aromatic N) is 1. The lowest BCUT2D eigenvalue weighted by atomic mass is 10.1. The number of nitrogens with one attached hydrogen (secondary N) is 1. The van der Waals surface area contributed by atoms with Gasteiger partial charge in [-0.15, -0.1) is 11.8 Å². The fourth-order valence-corrected chi connectivity index (χ4v) is 3.04. The number of nitrogen functional groups attached to an aromatic ring is 1. The lowest BCUT2D eigenvalue weighted by Gasteiger charge is -2.07. The predicted octanol–water partition coefficient (Wildman–Crippen LogP) is 2.65. The van der Waals surface area contributed by atoms with E-state index in [9.17, 15) is 0 Å². The Balaban J connectivity index is 1.87. The Hall–Kier alpha value is -1.03. The molecule has 1 aromatic rings. The van der Waals surface area contributed by atoms with E-state index in [2.05, 4.69) is 4.98 Å². The summed E-state index contributed by atoms with van der Waals surface area (Å²) in [5.74, 6) is 2.13. The minimum absolute atomic E-state index is 0.0832. The van der Waals surface area contributed by atoms with Crippen LogP contribution in [0.3, 0.4) is 0 Å². The fraction of sp³-hybridized carbons (Fsp3) is 0.500. The third-order valence-corrected chi connectivity index (χ3v) is 4.16. The first-order valence-corrected chi connectivity index (χ1v) is 6.67. The van der Waals surface area contributed by atoms with Crippen molar-refractivity contribution >= 4 is 17.6 Å². The summed E-state index contributed by atoms with van der Waals surface area (Å²) in [6.07, 6.45) is 7.21. The van der Waals surface area contributed by atoms with Gasteiger partial charge in [-0.3, -0.25) is 5.41 Å². The van der Waals surface area contributed by atoms with Gasteiger partial charge >= 0.3 is 0 Å². The van der Waals surface area contributed by atoms with Gasteiger partial charge in [0.05, 0.1) is 5.03 Å². The molecule has 3 N–H and O–H groups in total. The van der Waals surface area contributed by atoms with Crippen molar-refractivity contribution < 1.29 is 0 Å². The van der Waals surface area contributed by atoms with Crippen molar-refractivity contribution in [1.29, 1.82) is 5.41 Å². The summed E-state index contributed by atoms with van der Waals surface area (Å²) in [4.78, 5) is 4.30. The molecule has 86 valence electrons. The predicted molar refractivity (Wildman–Crippen MR) is 67.9 cm³/mol. The molecule has 0 radical (unpaired) electrons. The molecule has 0 atom stereocenters. The molecule has 0 saturated heterocycles. The van der Waals surface area contributed by atoms with Gasteiger partial charge in [0.25, 0.3) is 0 Å². The second kappa shape index (κ2) is 5.34. The largest absolute Gasteiger partial charge is 0.384 e. The van der Waals surface area contributed by atoms with Crippen LogP contribution in [0, 0.1) is 11.3 Å². The minimum atomic E-state index is 0.0832. The van der Waals surface area contributed by atoms with E-state index in [1.165, 1.54) is 31.4 Å². The van der Waals surface area contributed by atoms with Crippen LogP contribution >= 0.6 is 11.8 Å². The molecule has 0 bridgehead atoms. The summed E-state index contributed by atoms with van der Waals surface area (Å²) in [5, 5.41) is 8.31. The van der Waals surface area contributed by atoms with Crippen LogP contribution in [0.25, 0.3) is 0 Å². The quantitative estimate of drug-likeness (QED) is 0.479. The molecule has 16 heavy (non-hydrogen) atoms. The van der Waals surface area contributed by atoms with Crippen molar-refractivity contribution in [2.24, 2.45) is 11.7 Å². The number of rotatable bonds is 4.